The van der Waals surface area contributed by atoms with Crippen LogP contribution in [0.5, 0.6) is 0 Å². The number of carbonyl (C=O) groups excluding carboxylic acids is 1. The monoisotopic (exact) mass is 257 g/mol. The summed E-state index contributed by atoms with van der Waals surface area (Å²) in [5, 5.41) is 3.20. The molecule has 0 heterocycles. The number of carbonyl (C=O) groups is 1. The van der Waals surface area contributed by atoms with Gasteiger partial charge in [-0.3, -0.25) is 10.6 Å². The number of benzene rings is 1. The van der Waals surface area contributed by atoms with Crippen molar-refractivity contribution in [2.24, 2.45) is 5.84 Å². The van der Waals surface area contributed by atoms with Gasteiger partial charge in [0.2, 0.25) is 0 Å². The number of anilines is 1. The van der Waals surface area contributed by atoms with E-state index in [0.29, 0.717) is 36.0 Å². The summed E-state index contributed by atoms with van der Waals surface area (Å²) in [6.07, 6.45) is 0. The lowest BCUT2D eigenvalue weighted by molar-refractivity contribution is 0.0923. The summed E-state index contributed by atoms with van der Waals surface area (Å²) >= 11 is 5.83. The Balaban J connectivity index is 2.64. The van der Waals surface area contributed by atoms with Gasteiger partial charge in [0.1, 0.15) is 0 Å². The highest BCUT2D eigenvalue weighted by Crippen LogP contribution is 2.19. The average Bonchev–Trinajstić information content (AvgIpc) is 2.34. The van der Waals surface area contributed by atoms with Crippen LogP contribution in [-0.4, -0.2) is 25.7 Å². The first-order valence-electron chi connectivity index (χ1n) is 5.31. The molecule has 0 spiro atoms. The Morgan fingerprint density at radius 3 is 2.94 bits per heavy atom. The Labute approximate surface area is 105 Å². The van der Waals surface area contributed by atoms with Crippen LogP contribution in [0.3, 0.4) is 0 Å². The number of hydrogen-bond acceptors (Lipinski definition) is 4. The van der Waals surface area contributed by atoms with Crippen LogP contribution in [0.2, 0.25) is 5.02 Å². The fourth-order valence-corrected chi connectivity index (χ4v) is 1.48. The van der Waals surface area contributed by atoms with Crippen molar-refractivity contribution in [1.82, 2.24) is 5.32 Å². The lowest BCUT2D eigenvalue weighted by atomic mass is 10.1. The van der Waals surface area contributed by atoms with Gasteiger partial charge in [0.25, 0.3) is 5.91 Å². The average molecular weight is 258 g/mol. The van der Waals surface area contributed by atoms with E-state index in [4.69, 9.17) is 22.2 Å². The predicted molar refractivity (Wildman–Crippen MR) is 68.1 cm³/mol. The van der Waals surface area contributed by atoms with Gasteiger partial charge < -0.3 is 15.5 Å². The number of amides is 1. The van der Waals surface area contributed by atoms with E-state index >= 15 is 0 Å². The van der Waals surface area contributed by atoms with E-state index in [2.05, 4.69) is 10.7 Å². The lowest BCUT2D eigenvalue weighted by Crippen LogP contribution is -2.28. The first kappa shape index (κ1) is 13.8. The molecular weight excluding hydrogens is 242 g/mol. The predicted octanol–water partition coefficient (Wildman–Crippen LogP) is 1.39. The molecule has 0 aliphatic carbocycles. The second-order valence-corrected chi connectivity index (χ2v) is 3.72. The molecule has 0 atom stereocenters. The fourth-order valence-electron chi connectivity index (χ4n) is 1.31. The van der Waals surface area contributed by atoms with Crippen molar-refractivity contribution in [2.45, 2.75) is 6.92 Å². The Morgan fingerprint density at radius 1 is 1.53 bits per heavy atom. The van der Waals surface area contributed by atoms with E-state index in [1.807, 2.05) is 6.92 Å². The summed E-state index contributed by atoms with van der Waals surface area (Å²) in [4.78, 5) is 11.8. The highest BCUT2D eigenvalue weighted by Gasteiger charge is 2.10. The summed E-state index contributed by atoms with van der Waals surface area (Å²) in [6.45, 7) is 3.45. The third kappa shape index (κ3) is 4.22. The minimum absolute atomic E-state index is 0.236. The quantitative estimate of drug-likeness (QED) is 0.409. The standard InChI is InChI=1S/C11H16ClN3O2/c1-2-17-6-5-14-11(16)9-7-8(12)3-4-10(9)15-13/h3-4,7,15H,2,5-6,13H2,1H3,(H,14,16). The normalized spacial score (nSPS) is 10.1. The third-order valence-electron chi connectivity index (χ3n) is 2.12. The molecule has 0 fully saturated rings. The minimum Gasteiger partial charge on any atom is -0.380 e. The molecule has 4 N–H and O–H groups in total. The van der Waals surface area contributed by atoms with Crippen molar-refractivity contribution < 1.29 is 9.53 Å². The maximum Gasteiger partial charge on any atom is 0.253 e. The molecule has 6 heteroatoms. The van der Waals surface area contributed by atoms with Crippen molar-refractivity contribution in [3.05, 3.63) is 28.8 Å². The van der Waals surface area contributed by atoms with E-state index in [1.165, 1.54) is 0 Å². The van der Waals surface area contributed by atoms with Crippen LogP contribution in [0.1, 0.15) is 17.3 Å². The number of hydrogen-bond donors (Lipinski definition) is 3. The number of nitrogens with two attached hydrogens (primary N) is 1. The summed E-state index contributed by atoms with van der Waals surface area (Å²) in [7, 11) is 0. The zero-order valence-electron chi connectivity index (χ0n) is 9.63. The molecule has 0 aliphatic rings. The van der Waals surface area contributed by atoms with Gasteiger partial charge in [-0.2, -0.15) is 0 Å². The molecule has 1 amide bonds. The second kappa shape index (κ2) is 7.11. The first-order valence-corrected chi connectivity index (χ1v) is 5.69. The molecule has 0 unspecified atom stereocenters. The highest BCUT2D eigenvalue weighted by atomic mass is 35.5. The van der Waals surface area contributed by atoms with E-state index in [0.717, 1.165) is 0 Å². The molecule has 0 aromatic heterocycles. The number of halogens is 1. The summed E-state index contributed by atoms with van der Waals surface area (Å²) < 4.78 is 5.12. The molecule has 0 aliphatic heterocycles. The molecule has 1 aromatic rings. The Hall–Kier alpha value is -1.30. The summed E-state index contributed by atoms with van der Waals surface area (Å²) in [5.41, 5.74) is 3.40. The Morgan fingerprint density at radius 2 is 2.29 bits per heavy atom. The third-order valence-corrected chi connectivity index (χ3v) is 2.35. The zero-order valence-corrected chi connectivity index (χ0v) is 10.4. The van der Waals surface area contributed by atoms with Gasteiger partial charge >= 0.3 is 0 Å². The van der Waals surface area contributed by atoms with Gasteiger partial charge in [-0.15, -0.1) is 0 Å². The molecule has 94 valence electrons. The van der Waals surface area contributed by atoms with E-state index in [-0.39, 0.29) is 5.91 Å². The largest absolute Gasteiger partial charge is 0.380 e. The van der Waals surface area contributed by atoms with Crippen molar-refractivity contribution in [3.63, 3.8) is 0 Å². The maximum absolute atomic E-state index is 11.8. The minimum atomic E-state index is -0.236. The molecule has 1 rings (SSSR count). The maximum atomic E-state index is 11.8. The van der Waals surface area contributed by atoms with Gasteiger partial charge in [0.05, 0.1) is 17.9 Å². The van der Waals surface area contributed by atoms with Crippen molar-refractivity contribution in [3.8, 4) is 0 Å². The lowest BCUT2D eigenvalue weighted by Gasteiger charge is -2.10. The van der Waals surface area contributed by atoms with Crippen LogP contribution in [0.25, 0.3) is 0 Å². The zero-order chi connectivity index (χ0) is 12.7. The fraction of sp³-hybridized carbons (Fsp3) is 0.364. The van der Waals surface area contributed by atoms with Gasteiger partial charge in [0, 0.05) is 18.2 Å². The molecule has 17 heavy (non-hydrogen) atoms. The molecule has 0 saturated heterocycles. The number of ether oxygens (including phenoxy) is 1. The molecule has 0 radical (unpaired) electrons. The second-order valence-electron chi connectivity index (χ2n) is 3.29. The Kier molecular flexibility index (Phi) is 5.76. The summed E-state index contributed by atoms with van der Waals surface area (Å²) in [5.74, 6) is 5.08. The number of rotatable bonds is 6. The van der Waals surface area contributed by atoms with Gasteiger partial charge in [-0.05, 0) is 25.1 Å². The van der Waals surface area contributed by atoms with Gasteiger partial charge in [-0.1, -0.05) is 11.6 Å². The van der Waals surface area contributed by atoms with Gasteiger partial charge in [-0.25, -0.2) is 0 Å². The topological polar surface area (TPSA) is 76.4 Å². The van der Waals surface area contributed by atoms with E-state index in [1.54, 1.807) is 18.2 Å². The number of nitrogen functional groups attached to an aromatic ring is 1. The highest BCUT2D eigenvalue weighted by molar-refractivity contribution is 6.31. The van der Waals surface area contributed by atoms with Gasteiger partial charge in [0.15, 0.2) is 0 Å². The van der Waals surface area contributed by atoms with Crippen molar-refractivity contribution in [2.75, 3.05) is 25.2 Å². The molecule has 5 nitrogen and oxygen atoms in total. The van der Waals surface area contributed by atoms with Crippen LogP contribution >= 0.6 is 11.6 Å². The van der Waals surface area contributed by atoms with Crippen LogP contribution in [0.4, 0.5) is 5.69 Å². The van der Waals surface area contributed by atoms with Crippen molar-refractivity contribution in [1.29, 1.82) is 0 Å². The molecule has 0 saturated carbocycles. The Bertz CT molecular complexity index is 385. The van der Waals surface area contributed by atoms with Crippen LogP contribution in [0.15, 0.2) is 18.2 Å². The van der Waals surface area contributed by atoms with Crippen LogP contribution in [0, 0.1) is 0 Å². The van der Waals surface area contributed by atoms with E-state index < -0.39 is 0 Å². The first-order chi connectivity index (χ1) is 8.19. The molecule has 1 aromatic carbocycles. The number of hydrazine groups is 1. The summed E-state index contributed by atoms with van der Waals surface area (Å²) in [6, 6.07) is 4.88. The smallest absolute Gasteiger partial charge is 0.253 e. The van der Waals surface area contributed by atoms with E-state index in [9.17, 15) is 4.79 Å². The van der Waals surface area contributed by atoms with Crippen LogP contribution in [-0.2, 0) is 4.74 Å². The molecule has 0 bridgehead atoms. The van der Waals surface area contributed by atoms with Crippen molar-refractivity contribution >= 4 is 23.2 Å². The van der Waals surface area contributed by atoms with Crippen LogP contribution < -0.4 is 16.6 Å². The molecular formula is C11H16ClN3O2. The SMILES string of the molecule is CCOCCNC(=O)c1cc(Cl)ccc1NN. The number of nitrogens with one attached hydrogen (secondary N) is 2.